The average molecular weight is 374 g/mol. The molecule has 0 aliphatic rings. The Labute approximate surface area is 136 Å². The monoisotopic (exact) mass is 372 g/mol. The molecule has 1 N–H and O–H groups in total. The summed E-state index contributed by atoms with van der Waals surface area (Å²) in [5.41, 5.74) is 0.655. The molecule has 1 aromatic carbocycles. The second-order valence-corrected chi connectivity index (χ2v) is 5.79. The molecule has 0 saturated heterocycles. The summed E-state index contributed by atoms with van der Waals surface area (Å²) in [6.45, 7) is 3.40. The number of benzene rings is 1. The first-order valence-corrected chi connectivity index (χ1v) is 7.75. The fraction of sp³-hybridized carbons (Fsp3) is 0.267. The molecular weight excluding hydrogens is 359 g/mol. The number of halogens is 3. The number of nitrogens with zero attached hydrogens (tertiary/aromatic N) is 1. The number of hydrogen-bond acceptors (Lipinski definition) is 3. The van der Waals surface area contributed by atoms with Gasteiger partial charge in [-0.05, 0) is 37.2 Å². The van der Waals surface area contributed by atoms with E-state index >= 15 is 0 Å². The molecule has 1 heterocycles. The molecule has 0 unspecified atom stereocenters. The minimum Gasteiger partial charge on any atom is -0.437 e. The van der Waals surface area contributed by atoms with Gasteiger partial charge in [0.15, 0.2) is 0 Å². The van der Waals surface area contributed by atoms with E-state index in [1.54, 1.807) is 12.1 Å². The minimum atomic E-state index is -0.391. The Kier molecular flexibility index (Phi) is 5.96. The molecule has 2 rings (SSSR count). The Hall–Kier alpha value is -1.17. The molecule has 0 fully saturated rings. The fourth-order valence-electron chi connectivity index (χ4n) is 1.75. The molecule has 21 heavy (non-hydrogen) atoms. The van der Waals surface area contributed by atoms with Gasteiger partial charge in [0.2, 0.25) is 5.88 Å². The van der Waals surface area contributed by atoms with Crippen LogP contribution in [0.3, 0.4) is 0 Å². The van der Waals surface area contributed by atoms with Crippen molar-refractivity contribution < 1.29 is 9.13 Å². The van der Waals surface area contributed by atoms with E-state index < -0.39 is 5.82 Å². The zero-order valence-electron chi connectivity index (χ0n) is 11.5. The van der Waals surface area contributed by atoms with Gasteiger partial charge in [0, 0.05) is 16.6 Å². The lowest BCUT2D eigenvalue weighted by Gasteiger charge is -2.12. The van der Waals surface area contributed by atoms with Crippen LogP contribution in [-0.2, 0) is 6.54 Å². The van der Waals surface area contributed by atoms with Gasteiger partial charge in [-0.1, -0.05) is 34.5 Å². The normalized spacial score (nSPS) is 10.7. The quantitative estimate of drug-likeness (QED) is 0.729. The van der Waals surface area contributed by atoms with Crippen molar-refractivity contribution >= 4 is 27.5 Å². The Morgan fingerprint density at radius 3 is 2.90 bits per heavy atom. The third-order valence-electron chi connectivity index (χ3n) is 2.73. The lowest BCUT2D eigenvalue weighted by Crippen LogP contribution is -2.15. The number of hydrogen-bond donors (Lipinski definition) is 1. The molecule has 0 atom stereocenters. The van der Waals surface area contributed by atoms with Crippen LogP contribution in [0.5, 0.6) is 11.6 Å². The van der Waals surface area contributed by atoms with Crippen molar-refractivity contribution in [2.24, 2.45) is 0 Å². The zero-order valence-corrected chi connectivity index (χ0v) is 13.8. The summed E-state index contributed by atoms with van der Waals surface area (Å²) < 4.78 is 19.9. The molecular formula is C15H15BrClFN2O. The number of pyridine rings is 1. The maximum Gasteiger partial charge on any atom is 0.223 e. The molecule has 0 saturated carbocycles. The highest BCUT2D eigenvalue weighted by atomic mass is 79.9. The van der Waals surface area contributed by atoms with Gasteiger partial charge in [-0.3, -0.25) is 0 Å². The van der Waals surface area contributed by atoms with Gasteiger partial charge >= 0.3 is 0 Å². The van der Waals surface area contributed by atoms with Crippen LogP contribution in [0.2, 0.25) is 5.02 Å². The lowest BCUT2D eigenvalue weighted by atomic mass is 10.2. The van der Waals surface area contributed by atoms with Gasteiger partial charge in [-0.2, -0.15) is 0 Å². The maximum absolute atomic E-state index is 13.3. The molecule has 2 aromatic rings. The Morgan fingerprint density at radius 1 is 1.38 bits per heavy atom. The summed E-state index contributed by atoms with van der Waals surface area (Å²) in [7, 11) is 0. The van der Waals surface area contributed by atoms with Gasteiger partial charge in [0.1, 0.15) is 11.6 Å². The third kappa shape index (κ3) is 4.66. The van der Waals surface area contributed by atoms with E-state index in [0.717, 1.165) is 23.6 Å². The Bertz CT molecular complexity index is 625. The lowest BCUT2D eigenvalue weighted by molar-refractivity contribution is 0.448. The maximum atomic E-state index is 13.3. The predicted octanol–water partition coefficient (Wildman–Crippen LogP) is 4.93. The van der Waals surface area contributed by atoms with Crippen LogP contribution in [0, 0.1) is 5.82 Å². The Balaban J connectivity index is 2.22. The molecule has 0 radical (unpaired) electrons. The van der Waals surface area contributed by atoms with Crippen molar-refractivity contribution in [3.05, 3.63) is 51.3 Å². The van der Waals surface area contributed by atoms with E-state index in [9.17, 15) is 4.39 Å². The second-order valence-electron chi connectivity index (χ2n) is 4.47. The predicted molar refractivity (Wildman–Crippen MR) is 85.4 cm³/mol. The highest BCUT2D eigenvalue weighted by Crippen LogP contribution is 2.32. The molecule has 0 bridgehead atoms. The van der Waals surface area contributed by atoms with Gasteiger partial charge in [0.05, 0.1) is 11.2 Å². The van der Waals surface area contributed by atoms with Gasteiger partial charge in [-0.15, -0.1) is 0 Å². The van der Waals surface area contributed by atoms with E-state index in [1.807, 2.05) is 6.07 Å². The van der Waals surface area contributed by atoms with E-state index in [-0.39, 0.29) is 0 Å². The molecule has 1 aromatic heterocycles. The zero-order chi connectivity index (χ0) is 15.2. The molecule has 0 spiro atoms. The standard InChI is InChI=1S/C15H15BrClFN2O/c1-2-5-19-8-10-6-12(18)9-20-15(10)21-14-4-3-11(16)7-13(14)17/h3-4,6-7,9,19H,2,5,8H2,1H3. The molecule has 0 aliphatic heterocycles. The summed E-state index contributed by atoms with van der Waals surface area (Å²) in [6, 6.07) is 6.70. The first kappa shape index (κ1) is 16.2. The summed E-state index contributed by atoms with van der Waals surface area (Å²) in [6.07, 6.45) is 2.13. The SMILES string of the molecule is CCCNCc1cc(F)cnc1Oc1ccc(Br)cc1Cl. The van der Waals surface area contributed by atoms with Crippen molar-refractivity contribution in [2.45, 2.75) is 19.9 Å². The molecule has 3 nitrogen and oxygen atoms in total. The first-order valence-electron chi connectivity index (χ1n) is 6.58. The van der Waals surface area contributed by atoms with E-state index in [4.69, 9.17) is 16.3 Å². The van der Waals surface area contributed by atoms with Gasteiger partial charge in [0.25, 0.3) is 0 Å². The summed E-state index contributed by atoms with van der Waals surface area (Å²) in [5.74, 6) is 0.442. The Morgan fingerprint density at radius 2 is 2.19 bits per heavy atom. The molecule has 0 aliphatic carbocycles. The van der Waals surface area contributed by atoms with Crippen molar-refractivity contribution in [3.63, 3.8) is 0 Å². The van der Waals surface area contributed by atoms with Gasteiger partial charge in [-0.25, -0.2) is 9.37 Å². The third-order valence-corrected chi connectivity index (χ3v) is 3.52. The van der Waals surface area contributed by atoms with Crippen LogP contribution in [0.15, 0.2) is 34.9 Å². The fourth-order valence-corrected chi connectivity index (χ4v) is 2.46. The van der Waals surface area contributed by atoms with Crippen molar-refractivity contribution in [1.29, 1.82) is 0 Å². The van der Waals surface area contributed by atoms with Crippen LogP contribution < -0.4 is 10.1 Å². The van der Waals surface area contributed by atoms with Crippen molar-refractivity contribution in [3.8, 4) is 11.6 Å². The van der Waals surface area contributed by atoms with Crippen LogP contribution in [0.1, 0.15) is 18.9 Å². The van der Waals surface area contributed by atoms with Crippen LogP contribution in [-0.4, -0.2) is 11.5 Å². The number of rotatable bonds is 6. The largest absolute Gasteiger partial charge is 0.437 e. The van der Waals surface area contributed by atoms with Crippen molar-refractivity contribution in [2.75, 3.05) is 6.54 Å². The molecule has 6 heteroatoms. The highest BCUT2D eigenvalue weighted by molar-refractivity contribution is 9.10. The van der Waals surface area contributed by atoms with Crippen LogP contribution >= 0.6 is 27.5 Å². The minimum absolute atomic E-state index is 0.351. The van der Waals surface area contributed by atoms with E-state index in [0.29, 0.717) is 28.8 Å². The van der Waals surface area contributed by atoms with E-state index in [2.05, 4.69) is 33.2 Å². The smallest absolute Gasteiger partial charge is 0.223 e. The summed E-state index contributed by atoms with van der Waals surface area (Å²) in [5, 5.41) is 3.66. The number of aromatic nitrogens is 1. The summed E-state index contributed by atoms with van der Waals surface area (Å²) >= 11 is 9.45. The van der Waals surface area contributed by atoms with Crippen LogP contribution in [0.4, 0.5) is 4.39 Å². The molecule has 112 valence electrons. The highest BCUT2D eigenvalue weighted by Gasteiger charge is 2.10. The second kappa shape index (κ2) is 7.73. The topological polar surface area (TPSA) is 34.2 Å². The molecule has 0 amide bonds. The van der Waals surface area contributed by atoms with Gasteiger partial charge < -0.3 is 10.1 Å². The number of ether oxygens (including phenoxy) is 1. The van der Waals surface area contributed by atoms with E-state index in [1.165, 1.54) is 6.07 Å². The van der Waals surface area contributed by atoms with Crippen molar-refractivity contribution in [1.82, 2.24) is 10.3 Å². The summed E-state index contributed by atoms with van der Waals surface area (Å²) in [4.78, 5) is 4.01. The van der Waals surface area contributed by atoms with Crippen LogP contribution in [0.25, 0.3) is 0 Å². The first-order chi connectivity index (χ1) is 10.1. The number of nitrogens with one attached hydrogen (secondary N) is 1. The average Bonchev–Trinajstić information content (AvgIpc) is 2.44.